The van der Waals surface area contributed by atoms with Crippen LogP contribution in [-0.4, -0.2) is 13.4 Å². The van der Waals surface area contributed by atoms with Crippen molar-refractivity contribution in [2.45, 2.75) is 4.90 Å². The van der Waals surface area contributed by atoms with Gasteiger partial charge in [-0.25, -0.2) is 18.5 Å². The Labute approximate surface area is 145 Å². The molecule has 4 aromatic rings. The van der Waals surface area contributed by atoms with Crippen LogP contribution in [-0.2, 0) is 10.0 Å². The second-order valence-electron chi connectivity index (χ2n) is 5.69. The average molecular weight is 349 g/mol. The maximum Gasteiger partial charge on any atom is 0.240 e. The van der Waals surface area contributed by atoms with Gasteiger partial charge in [0.25, 0.3) is 0 Å². The van der Waals surface area contributed by atoms with Crippen molar-refractivity contribution >= 4 is 43.2 Å². The third-order valence-corrected chi connectivity index (χ3v) is 5.01. The number of para-hydroxylation sites is 3. The van der Waals surface area contributed by atoms with Crippen molar-refractivity contribution in [2.24, 2.45) is 5.14 Å². The van der Waals surface area contributed by atoms with E-state index < -0.39 is 10.0 Å². The average Bonchev–Trinajstić information content (AvgIpc) is 2.61. The smallest absolute Gasteiger partial charge is 0.240 e. The zero-order valence-corrected chi connectivity index (χ0v) is 14.0. The van der Waals surface area contributed by atoms with Gasteiger partial charge in [0, 0.05) is 10.8 Å². The highest BCUT2D eigenvalue weighted by Crippen LogP contribution is 2.34. The van der Waals surface area contributed by atoms with Gasteiger partial charge in [0.1, 0.15) is 4.90 Å². The van der Waals surface area contributed by atoms with E-state index in [4.69, 9.17) is 5.14 Å². The molecule has 0 bridgehead atoms. The number of rotatable bonds is 3. The van der Waals surface area contributed by atoms with E-state index in [9.17, 15) is 8.42 Å². The topological polar surface area (TPSA) is 85.1 Å². The fourth-order valence-electron chi connectivity index (χ4n) is 2.93. The molecule has 0 radical (unpaired) electrons. The first-order chi connectivity index (χ1) is 12.0. The maximum absolute atomic E-state index is 11.9. The van der Waals surface area contributed by atoms with E-state index in [1.165, 1.54) is 6.07 Å². The molecule has 3 N–H and O–H groups in total. The van der Waals surface area contributed by atoms with Gasteiger partial charge in [0.2, 0.25) is 10.0 Å². The molecule has 0 aliphatic heterocycles. The Kier molecular flexibility index (Phi) is 3.63. The molecule has 0 spiro atoms. The number of sulfonamides is 1. The Morgan fingerprint density at radius 2 is 1.28 bits per heavy atom. The summed E-state index contributed by atoms with van der Waals surface area (Å²) in [5.41, 5.74) is 2.90. The van der Waals surface area contributed by atoms with E-state index in [0.717, 1.165) is 27.5 Å². The van der Waals surface area contributed by atoms with E-state index in [-0.39, 0.29) is 4.90 Å². The largest absolute Gasteiger partial charge is 0.353 e. The highest BCUT2D eigenvalue weighted by atomic mass is 32.2. The first kappa shape index (κ1) is 15.6. The number of nitrogens with zero attached hydrogens (tertiary/aromatic N) is 1. The fourth-order valence-corrected chi connectivity index (χ4v) is 3.62. The van der Waals surface area contributed by atoms with E-state index in [0.29, 0.717) is 5.69 Å². The number of anilines is 2. The number of benzene rings is 3. The number of hydrogen-bond acceptors (Lipinski definition) is 4. The van der Waals surface area contributed by atoms with Crippen LogP contribution in [0.25, 0.3) is 21.8 Å². The molecule has 124 valence electrons. The van der Waals surface area contributed by atoms with Gasteiger partial charge in [-0.05, 0) is 24.3 Å². The van der Waals surface area contributed by atoms with Crippen molar-refractivity contribution in [3.63, 3.8) is 0 Å². The number of primary sulfonamides is 1. The Morgan fingerprint density at radius 3 is 1.88 bits per heavy atom. The third-order valence-electron chi connectivity index (χ3n) is 4.04. The molecule has 5 nitrogen and oxygen atoms in total. The van der Waals surface area contributed by atoms with Gasteiger partial charge in [-0.15, -0.1) is 0 Å². The predicted molar refractivity (Wildman–Crippen MR) is 100 cm³/mol. The second kappa shape index (κ2) is 5.84. The lowest BCUT2D eigenvalue weighted by atomic mass is 10.1. The van der Waals surface area contributed by atoms with Crippen molar-refractivity contribution in [3.8, 4) is 0 Å². The quantitative estimate of drug-likeness (QED) is 0.551. The number of nitrogens with two attached hydrogens (primary N) is 1. The number of fused-ring (bicyclic) bond motifs is 2. The first-order valence-corrected chi connectivity index (χ1v) is 9.25. The normalized spacial score (nSPS) is 11.7. The van der Waals surface area contributed by atoms with Crippen LogP contribution in [0.5, 0.6) is 0 Å². The molecule has 3 aromatic carbocycles. The van der Waals surface area contributed by atoms with Gasteiger partial charge in [-0.3, -0.25) is 0 Å². The van der Waals surface area contributed by atoms with Gasteiger partial charge in [0.05, 0.1) is 22.4 Å². The Hall–Kier alpha value is -2.96. The van der Waals surface area contributed by atoms with Crippen LogP contribution >= 0.6 is 0 Å². The van der Waals surface area contributed by atoms with Crippen molar-refractivity contribution in [2.75, 3.05) is 5.32 Å². The monoisotopic (exact) mass is 349 g/mol. The van der Waals surface area contributed by atoms with Gasteiger partial charge >= 0.3 is 0 Å². The summed E-state index contributed by atoms with van der Waals surface area (Å²) in [5.74, 6) is 0. The first-order valence-electron chi connectivity index (χ1n) is 7.70. The summed E-state index contributed by atoms with van der Waals surface area (Å²) in [6.07, 6.45) is 0. The summed E-state index contributed by atoms with van der Waals surface area (Å²) in [7, 11) is -3.84. The minimum atomic E-state index is -3.84. The summed E-state index contributed by atoms with van der Waals surface area (Å²) in [4.78, 5) is 4.72. The zero-order valence-electron chi connectivity index (χ0n) is 13.2. The van der Waals surface area contributed by atoms with Crippen molar-refractivity contribution in [1.82, 2.24) is 4.98 Å². The molecule has 6 heteroatoms. The molecule has 1 aromatic heterocycles. The summed E-state index contributed by atoms with van der Waals surface area (Å²) in [6, 6.07) is 22.1. The van der Waals surface area contributed by atoms with Crippen molar-refractivity contribution in [1.29, 1.82) is 0 Å². The van der Waals surface area contributed by atoms with Crippen LogP contribution in [0.3, 0.4) is 0 Å². The molecule has 25 heavy (non-hydrogen) atoms. The molecule has 0 aliphatic rings. The molecule has 0 saturated carbocycles. The van der Waals surface area contributed by atoms with E-state index in [1.807, 2.05) is 48.5 Å². The fraction of sp³-hybridized carbons (Fsp3) is 0. The summed E-state index contributed by atoms with van der Waals surface area (Å²) in [5, 5.41) is 10.4. The second-order valence-corrected chi connectivity index (χ2v) is 7.22. The number of hydrogen-bond donors (Lipinski definition) is 2. The van der Waals surface area contributed by atoms with Gasteiger partial charge in [0.15, 0.2) is 0 Å². The van der Waals surface area contributed by atoms with Crippen LogP contribution in [0.2, 0.25) is 0 Å². The summed E-state index contributed by atoms with van der Waals surface area (Å²) >= 11 is 0. The number of nitrogens with one attached hydrogen (secondary N) is 1. The van der Waals surface area contributed by atoms with Crippen LogP contribution < -0.4 is 10.5 Å². The molecule has 0 amide bonds. The summed E-state index contributed by atoms with van der Waals surface area (Å²) < 4.78 is 23.8. The molecular formula is C19H15N3O2S. The molecule has 0 aliphatic carbocycles. The molecule has 0 unspecified atom stereocenters. The summed E-state index contributed by atoms with van der Waals surface area (Å²) in [6.45, 7) is 0. The van der Waals surface area contributed by atoms with Crippen LogP contribution in [0, 0.1) is 0 Å². The molecule has 0 fully saturated rings. The lowest BCUT2D eigenvalue weighted by Gasteiger charge is -2.15. The molecule has 0 saturated heterocycles. The Balaban J connectivity index is 2.01. The minimum Gasteiger partial charge on any atom is -0.353 e. The highest BCUT2D eigenvalue weighted by Gasteiger charge is 2.15. The van der Waals surface area contributed by atoms with Crippen molar-refractivity contribution in [3.05, 3.63) is 72.8 Å². The number of pyridine rings is 1. The lowest BCUT2D eigenvalue weighted by Crippen LogP contribution is -2.14. The molecule has 1 heterocycles. The highest BCUT2D eigenvalue weighted by molar-refractivity contribution is 7.89. The van der Waals surface area contributed by atoms with Crippen LogP contribution in [0.1, 0.15) is 0 Å². The van der Waals surface area contributed by atoms with E-state index in [1.54, 1.807) is 18.2 Å². The molecule has 4 rings (SSSR count). The SMILES string of the molecule is NS(=O)(=O)c1ccccc1Nc1c2ccccc2nc2ccccc12. The Bertz CT molecular complexity index is 1150. The lowest BCUT2D eigenvalue weighted by molar-refractivity contribution is 0.598. The Morgan fingerprint density at radius 1 is 0.760 bits per heavy atom. The van der Waals surface area contributed by atoms with Gasteiger partial charge in [-0.2, -0.15) is 0 Å². The van der Waals surface area contributed by atoms with Crippen molar-refractivity contribution < 1.29 is 8.42 Å². The van der Waals surface area contributed by atoms with Gasteiger partial charge < -0.3 is 5.32 Å². The molecular weight excluding hydrogens is 334 g/mol. The van der Waals surface area contributed by atoms with Crippen LogP contribution in [0.15, 0.2) is 77.7 Å². The standard InChI is InChI=1S/C19H15N3O2S/c20-25(23,24)18-12-6-5-11-17(18)22-19-13-7-1-3-9-15(13)21-16-10-4-2-8-14(16)19/h1-12H,(H,21,22)(H2,20,23,24). The number of aromatic nitrogens is 1. The maximum atomic E-state index is 11.9. The zero-order chi connectivity index (χ0) is 17.4. The van der Waals surface area contributed by atoms with E-state index >= 15 is 0 Å². The third kappa shape index (κ3) is 2.82. The minimum absolute atomic E-state index is 0.0555. The molecule has 0 atom stereocenters. The van der Waals surface area contributed by atoms with E-state index in [2.05, 4.69) is 10.3 Å². The van der Waals surface area contributed by atoms with Gasteiger partial charge in [-0.1, -0.05) is 48.5 Å². The van der Waals surface area contributed by atoms with Crippen LogP contribution in [0.4, 0.5) is 11.4 Å². The predicted octanol–water partition coefficient (Wildman–Crippen LogP) is 3.78.